The minimum atomic E-state index is -0.538. The zero-order valence-electron chi connectivity index (χ0n) is 16.3. The lowest BCUT2D eigenvalue weighted by Crippen LogP contribution is -2.53. The lowest BCUT2D eigenvalue weighted by molar-refractivity contribution is -0.148. The number of hydrogen-bond donors (Lipinski definition) is 0. The highest BCUT2D eigenvalue weighted by atomic mass is 35.5. The Balaban J connectivity index is 1.49. The van der Waals surface area contributed by atoms with Gasteiger partial charge >= 0.3 is 0 Å². The third-order valence-corrected chi connectivity index (χ3v) is 5.87. The maximum atomic E-state index is 13.5. The van der Waals surface area contributed by atoms with Crippen LogP contribution in [0.4, 0.5) is 5.82 Å². The second kappa shape index (κ2) is 8.82. The highest BCUT2D eigenvalue weighted by molar-refractivity contribution is 6.30. The number of aromatic nitrogens is 1. The number of piperazine rings is 1. The Labute approximate surface area is 176 Å². The number of amides is 2. The number of benzene rings is 1. The largest absolute Gasteiger partial charge is 0.353 e. The molecule has 0 saturated carbocycles. The van der Waals surface area contributed by atoms with Gasteiger partial charge in [-0.1, -0.05) is 41.9 Å². The number of rotatable bonds is 4. The van der Waals surface area contributed by atoms with E-state index in [0.29, 0.717) is 44.2 Å². The Morgan fingerprint density at radius 1 is 0.966 bits per heavy atom. The van der Waals surface area contributed by atoms with E-state index < -0.39 is 6.04 Å². The summed E-state index contributed by atoms with van der Waals surface area (Å²) in [5.74, 6) is 0.949. The van der Waals surface area contributed by atoms with Crippen molar-refractivity contribution in [3.8, 4) is 0 Å². The summed E-state index contributed by atoms with van der Waals surface area (Å²) in [6.45, 7) is 3.26. The monoisotopic (exact) mass is 412 g/mol. The highest BCUT2D eigenvalue weighted by Gasteiger charge is 2.36. The van der Waals surface area contributed by atoms with E-state index >= 15 is 0 Å². The number of carbonyl (C=O) groups is 2. The van der Waals surface area contributed by atoms with E-state index in [1.807, 2.05) is 47.4 Å². The molecule has 7 heteroatoms. The van der Waals surface area contributed by atoms with E-state index in [0.717, 1.165) is 24.2 Å². The fourth-order valence-corrected chi connectivity index (χ4v) is 4.19. The average molecular weight is 413 g/mol. The van der Waals surface area contributed by atoms with Gasteiger partial charge in [0.1, 0.15) is 11.9 Å². The van der Waals surface area contributed by atoms with Crippen molar-refractivity contribution >= 4 is 29.2 Å². The van der Waals surface area contributed by atoms with Crippen LogP contribution in [0.3, 0.4) is 0 Å². The third kappa shape index (κ3) is 4.37. The van der Waals surface area contributed by atoms with Gasteiger partial charge in [-0.05, 0) is 30.5 Å². The number of hydrogen-bond acceptors (Lipinski definition) is 4. The summed E-state index contributed by atoms with van der Waals surface area (Å²) in [5, 5.41) is 0.611. The SMILES string of the molecule is O=C(C(c1ccccc1)N1CCCCC1=O)N1CCN(c2ccc(Cl)cn2)CC1. The number of likely N-dealkylation sites (tertiary alicyclic amines) is 1. The van der Waals surface area contributed by atoms with Crippen LogP contribution >= 0.6 is 11.6 Å². The molecule has 0 bridgehead atoms. The lowest BCUT2D eigenvalue weighted by Gasteiger charge is -2.40. The predicted octanol–water partition coefficient (Wildman–Crippen LogP) is 3.14. The Bertz CT molecular complexity index is 851. The molecule has 1 atom stereocenters. The normalized spacial score (nSPS) is 18.7. The van der Waals surface area contributed by atoms with Gasteiger partial charge in [-0.2, -0.15) is 0 Å². The molecule has 3 heterocycles. The zero-order valence-corrected chi connectivity index (χ0v) is 17.1. The van der Waals surface area contributed by atoms with Crippen molar-refractivity contribution in [3.05, 3.63) is 59.2 Å². The zero-order chi connectivity index (χ0) is 20.2. The van der Waals surface area contributed by atoms with Crippen LogP contribution < -0.4 is 4.90 Å². The molecule has 1 aromatic heterocycles. The molecule has 2 amide bonds. The van der Waals surface area contributed by atoms with Gasteiger partial charge in [0.2, 0.25) is 11.8 Å². The first-order valence-corrected chi connectivity index (χ1v) is 10.5. The van der Waals surface area contributed by atoms with Crippen molar-refractivity contribution in [3.63, 3.8) is 0 Å². The van der Waals surface area contributed by atoms with Gasteiger partial charge in [-0.25, -0.2) is 4.98 Å². The van der Waals surface area contributed by atoms with Crippen LogP contribution in [-0.4, -0.2) is 59.3 Å². The third-order valence-electron chi connectivity index (χ3n) is 5.65. The molecule has 152 valence electrons. The van der Waals surface area contributed by atoms with Crippen LogP contribution in [0.5, 0.6) is 0 Å². The van der Waals surface area contributed by atoms with E-state index in [4.69, 9.17) is 11.6 Å². The van der Waals surface area contributed by atoms with Gasteiger partial charge in [0.15, 0.2) is 0 Å². The first-order valence-electron chi connectivity index (χ1n) is 10.1. The smallest absolute Gasteiger partial charge is 0.250 e. The molecule has 2 saturated heterocycles. The van der Waals surface area contributed by atoms with Gasteiger partial charge in [-0.3, -0.25) is 9.59 Å². The van der Waals surface area contributed by atoms with Crippen LogP contribution in [0.15, 0.2) is 48.7 Å². The second-order valence-electron chi connectivity index (χ2n) is 7.50. The Hall–Kier alpha value is -2.60. The quantitative estimate of drug-likeness (QED) is 0.774. The van der Waals surface area contributed by atoms with Crippen molar-refractivity contribution in [1.82, 2.24) is 14.8 Å². The molecule has 29 heavy (non-hydrogen) atoms. The summed E-state index contributed by atoms with van der Waals surface area (Å²) in [6, 6.07) is 12.9. The molecule has 4 rings (SSSR count). The average Bonchev–Trinajstić information content (AvgIpc) is 2.77. The molecule has 0 radical (unpaired) electrons. The van der Waals surface area contributed by atoms with Gasteiger partial charge in [0, 0.05) is 45.3 Å². The molecule has 1 unspecified atom stereocenters. The molecular formula is C22H25ClN4O2. The summed E-state index contributed by atoms with van der Waals surface area (Å²) in [7, 11) is 0. The summed E-state index contributed by atoms with van der Waals surface area (Å²) >= 11 is 5.93. The molecule has 2 aromatic rings. The van der Waals surface area contributed by atoms with Crippen LogP contribution in [0.25, 0.3) is 0 Å². The van der Waals surface area contributed by atoms with Crippen LogP contribution in [-0.2, 0) is 9.59 Å². The molecule has 0 spiro atoms. The van der Waals surface area contributed by atoms with E-state index in [1.165, 1.54) is 0 Å². The Morgan fingerprint density at radius 3 is 2.38 bits per heavy atom. The van der Waals surface area contributed by atoms with E-state index in [2.05, 4.69) is 9.88 Å². The maximum absolute atomic E-state index is 13.5. The van der Waals surface area contributed by atoms with Crippen LogP contribution in [0.2, 0.25) is 5.02 Å². The molecule has 6 nitrogen and oxygen atoms in total. The van der Waals surface area contributed by atoms with Gasteiger partial charge in [0.25, 0.3) is 0 Å². The van der Waals surface area contributed by atoms with Gasteiger partial charge < -0.3 is 14.7 Å². The first-order chi connectivity index (χ1) is 14.1. The molecular weight excluding hydrogens is 388 g/mol. The summed E-state index contributed by atoms with van der Waals surface area (Å²) in [6.07, 6.45) is 4.00. The topological polar surface area (TPSA) is 56.8 Å². The predicted molar refractivity (Wildman–Crippen MR) is 113 cm³/mol. The maximum Gasteiger partial charge on any atom is 0.250 e. The minimum absolute atomic E-state index is 0.00941. The molecule has 2 aliphatic rings. The van der Waals surface area contributed by atoms with Crippen molar-refractivity contribution < 1.29 is 9.59 Å². The number of piperidine rings is 1. The van der Waals surface area contributed by atoms with Crippen molar-refractivity contribution in [2.75, 3.05) is 37.6 Å². The second-order valence-corrected chi connectivity index (χ2v) is 7.94. The molecule has 2 aliphatic heterocycles. The fraction of sp³-hybridized carbons (Fsp3) is 0.409. The Morgan fingerprint density at radius 2 is 1.72 bits per heavy atom. The number of halogens is 1. The van der Waals surface area contributed by atoms with Crippen LogP contribution in [0.1, 0.15) is 30.9 Å². The molecule has 0 aliphatic carbocycles. The molecule has 1 aromatic carbocycles. The van der Waals surface area contributed by atoms with Crippen LogP contribution in [0, 0.1) is 0 Å². The Kier molecular flexibility index (Phi) is 6.00. The van der Waals surface area contributed by atoms with Crippen molar-refractivity contribution in [2.24, 2.45) is 0 Å². The molecule has 0 N–H and O–H groups in total. The number of anilines is 1. The standard InChI is InChI=1S/C22H25ClN4O2/c23-18-9-10-19(24-16-18)25-12-14-26(15-13-25)22(29)21(17-6-2-1-3-7-17)27-11-5-4-8-20(27)28/h1-3,6-7,9-10,16,21H,4-5,8,11-15H2. The lowest BCUT2D eigenvalue weighted by atomic mass is 9.99. The fourth-order valence-electron chi connectivity index (χ4n) is 4.07. The summed E-state index contributed by atoms with van der Waals surface area (Å²) in [4.78, 5) is 36.3. The number of nitrogens with zero attached hydrogens (tertiary/aromatic N) is 4. The first kappa shape index (κ1) is 19.7. The van der Waals surface area contributed by atoms with Gasteiger partial charge in [0.05, 0.1) is 5.02 Å². The summed E-state index contributed by atoms with van der Waals surface area (Å²) in [5.41, 5.74) is 0.884. The van der Waals surface area contributed by atoms with E-state index in [1.54, 1.807) is 11.1 Å². The molecule has 2 fully saturated rings. The minimum Gasteiger partial charge on any atom is -0.353 e. The number of pyridine rings is 1. The number of carbonyl (C=O) groups excluding carboxylic acids is 2. The van der Waals surface area contributed by atoms with Crippen molar-refractivity contribution in [1.29, 1.82) is 0 Å². The van der Waals surface area contributed by atoms with Gasteiger partial charge in [-0.15, -0.1) is 0 Å². The van der Waals surface area contributed by atoms with E-state index in [9.17, 15) is 9.59 Å². The van der Waals surface area contributed by atoms with E-state index in [-0.39, 0.29) is 11.8 Å². The van der Waals surface area contributed by atoms with Crippen molar-refractivity contribution in [2.45, 2.75) is 25.3 Å². The highest BCUT2D eigenvalue weighted by Crippen LogP contribution is 2.28. The summed E-state index contributed by atoms with van der Waals surface area (Å²) < 4.78 is 0.